The van der Waals surface area contributed by atoms with Crippen molar-refractivity contribution in [3.8, 4) is 0 Å². The molecule has 0 aromatic rings. The zero-order valence-electron chi connectivity index (χ0n) is 7.72. The maximum absolute atomic E-state index is 11.2. The van der Waals surface area contributed by atoms with Crippen LogP contribution in [0.3, 0.4) is 0 Å². The Balaban J connectivity index is 2.41. The standard InChI is InChI=1S/C8H15NO3/c1-8(2)5-4-6(12-8)7(10)9-11-3/h6H,4-5H2,1-3H3,(H,9,10). The fourth-order valence-electron chi connectivity index (χ4n) is 1.33. The number of carbonyl (C=O) groups is 1. The second-order valence-electron chi connectivity index (χ2n) is 3.58. The number of amides is 1. The molecule has 4 nitrogen and oxygen atoms in total. The predicted octanol–water partition coefficient (Wildman–Crippen LogP) is 0.622. The van der Waals surface area contributed by atoms with Crippen molar-refractivity contribution in [3.63, 3.8) is 0 Å². The van der Waals surface area contributed by atoms with E-state index in [-0.39, 0.29) is 17.6 Å². The lowest BCUT2D eigenvalue weighted by molar-refractivity contribution is -0.145. The second kappa shape index (κ2) is 3.41. The van der Waals surface area contributed by atoms with Crippen LogP contribution in [-0.4, -0.2) is 24.7 Å². The van der Waals surface area contributed by atoms with E-state index in [1.807, 2.05) is 13.8 Å². The van der Waals surface area contributed by atoms with Crippen LogP contribution >= 0.6 is 0 Å². The summed E-state index contributed by atoms with van der Waals surface area (Å²) in [5.74, 6) is -0.192. The van der Waals surface area contributed by atoms with Gasteiger partial charge in [0.2, 0.25) is 0 Å². The van der Waals surface area contributed by atoms with Crippen molar-refractivity contribution in [1.82, 2.24) is 5.48 Å². The zero-order chi connectivity index (χ0) is 9.19. The molecule has 0 saturated carbocycles. The van der Waals surface area contributed by atoms with Gasteiger partial charge in [-0.25, -0.2) is 5.48 Å². The summed E-state index contributed by atoms with van der Waals surface area (Å²) in [6, 6.07) is 0. The van der Waals surface area contributed by atoms with Crippen molar-refractivity contribution in [1.29, 1.82) is 0 Å². The van der Waals surface area contributed by atoms with Crippen molar-refractivity contribution in [2.75, 3.05) is 7.11 Å². The van der Waals surface area contributed by atoms with Crippen molar-refractivity contribution in [3.05, 3.63) is 0 Å². The van der Waals surface area contributed by atoms with Gasteiger partial charge in [0.25, 0.3) is 5.91 Å². The summed E-state index contributed by atoms with van der Waals surface area (Å²) in [6.45, 7) is 3.96. The first-order chi connectivity index (χ1) is 5.55. The summed E-state index contributed by atoms with van der Waals surface area (Å²) in [4.78, 5) is 15.7. The number of hydrogen-bond acceptors (Lipinski definition) is 3. The SMILES string of the molecule is CONC(=O)C1CCC(C)(C)O1. The number of hydroxylamine groups is 1. The van der Waals surface area contributed by atoms with E-state index in [1.165, 1.54) is 7.11 Å². The van der Waals surface area contributed by atoms with E-state index in [0.717, 1.165) is 12.8 Å². The van der Waals surface area contributed by atoms with Crippen LogP contribution in [0.15, 0.2) is 0 Å². The lowest BCUT2D eigenvalue weighted by Crippen LogP contribution is -2.35. The van der Waals surface area contributed by atoms with E-state index in [1.54, 1.807) is 0 Å². The molecule has 1 heterocycles. The molecule has 0 spiro atoms. The molecule has 1 amide bonds. The minimum absolute atomic E-state index is 0.171. The van der Waals surface area contributed by atoms with Gasteiger partial charge in [-0.05, 0) is 26.7 Å². The summed E-state index contributed by atoms with van der Waals surface area (Å²) in [5, 5.41) is 0. The van der Waals surface area contributed by atoms with Gasteiger partial charge >= 0.3 is 0 Å². The summed E-state index contributed by atoms with van der Waals surface area (Å²) >= 11 is 0. The monoisotopic (exact) mass is 173 g/mol. The molecule has 1 rings (SSSR count). The number of carbonyl (C=O) groups excluding carboxylic acids is 1. The van der Waals surface area contributed by atoms with Crippen LogP contribution in [-0.2, 0) is 14.4 Å². The van der Waals surface area contributed by atoms with Crippen LogP contribution in [0.1, 0.15) is 26.7 Å². The van der Waals surface area contributed by atoms with E-state index in [0.29, 0.717) is 0 Å². The molecule has 12 heavy (non-hydrogen) atoms. The highest BCUT2D eigenvalue weighted by atomic mass is 16.6. The lowest BCUT2D eigenvalue weighted by atomic mass is 10.1. The van der Waals surface area contributed by atoms with E-state index in [4.69, 9.17) is 4.74 Å². The summed E-state index contributed by atoms with van der Waals surface area (Å²) < 4.78 is 5.47. The lowest BCUT2D eigenvalue weighted by Gasteiger charge is -2.18. The molecule has 0 radical (unpaired) electrons. The van der Waals surface area contributed by atoms with Gasteiger partial charge < -0.3 is 4.74 Å². The molecule has 1 fully saturated rings. The molecule has 0 aromatic heterocycles. The Kier molecular flexibility index (Phi) is 2.69. The molecule has 0 aromatic carbocycles. The van der Waals surface area contributed by atoms with Gasteiger partial charge in [0.05, 0.1) is 12.7 Å². The molecule has 4 heteroatoms. The molecule has 1 N–H and O–H groups in total. The van der Waals surface area contributed by atoms with E-state index in [2.05, 4.69) is 10.3 Å². The highest BCUT2D eigenvalue weighted by Crippen LogP contribution is 2.29. The van der Waals surface area contributed by atoms with Crippen LogP contribution < -0.4 is 5.48 Å². The number of nitrogens with one attached hydrogen (secondary N) is 1. The summed E-state index contributed by atoms with van der Waals surface area (Å²) in [5.41, 5.74) is 2.09. The van der Waals surface area contributed by atoms with Crippen LogP contribution in [0, 0.1) is 0 Å². The van der Waals surface area contributed by atoms with Gasteiger partial charge in [-0.1, -0.05) is 0 Å². The molecule has 1 unspecified atom stereocenters. The first kappa shape index (κ1) is 9.48. The van der Waals surface area contributed by atoms with Gasteiger partial charge in [-0.2, -0.15) is 0 Å². The smallest absolute Gasteiger partial charge is 0.272 e. The van der Waals surface area contributed by atoms with Crippen molar-refractivity contribution < 1.29 is 14.4 Å². The van der Waals surface area contributed by atoms with Gasteiger partial charge in [-0.3, -0.25) is 9.63 Å². The largest absolute Gasteiger partial charge is 0.362 e. The Morgan fingerprint density at radius 1 is 1.67 bits per heavy atom. The first-order valence-corrected chi connectivity index (χ1v) is 4.06. The third kappa shape index (κ3) is 2.19. The third-order valence-electron chi connectivity index (χ3n) is 1.96. The molecule has 70 valence electrons. The number of ether oxygens (including phenoxy) is 1. The van der Waals surface area contributed by atoms with Gasteiger partial charge in [0, 0.05) is 0 Å². The summed E-state index contributed by atoms with van der Waals surface area (Å²) in [6.07, 6.45) is 1.33. The van der Waals surface area contributed by atoms with Gasteiger partial charge in [-0.15, -0.1) is 0 Å². The molecule has 1 atom stereocenters. The molecule has 1 saturated heterocycles. The highest BCUT2D eigenvalue weighted by molar-refractivity contribution is 5.80. The normalized spacial score (nSPS) is 27.1. The highest BCUT2D eigenvalue weighted by Gasteiger charge is 2.35. The average molecular weight is 173 g/mol. The maximum atomic E-state index is 11.2. The van der Waals surface area contributed by atoms with Crippen molar-refractivity contribution >= 4 is 5.91 Å². The predicted molar refractivity (Wildman–Crippen MR) is 43.3 cm³/mol. The molecule has 0 bridgehead atoms. The van der Waals surface area contributed by atoms with E-state index < -0.39 is 0 Å². The van der Waals surface area contributed by atoms with E-state index in [9.17, 15) is 4.79 Å². The average Bonchev–Trinajstić information content (AvgIpc) is 2.31. The number of rotatable bonds is 2. The minimum Gasteiger partial charge on any atom is -0.362 e. The van der Waals surface area contributed by atoms with Crippen LogP contribution in [0.2, 0.25) is 0 Å². The molecule has 0 aliphatic carbocycles. The van der Waals surface area contributed by atoms with Gasteiger partial charge in [0.15, 0.2) is 0 Å². The van der Waals surface area contributed by atoms with Gasteiger partial charge in [0.1, 0.15) is 6.10 Å². The molecule has 1 aliphatic rings. The van der Waals surface area contributed by atoms with E-state index >= 15 is 0 Å². The Morgan fingerprint density at radius 3 is 2.75 bits per heavy atom. The quantitative estimate of drug-likeness (QED) is 0.623. The second-order valence-corrected chi connectivity index (χ2v) is 3.58. The zero-order valence-corrected chi connectivity index (χ0v) is 7.72. The molecular formula is C8H15NO3. The summed E-state index contributed by atoms with van der Waals surface area (Å²) in [7, 11) is 1.41. The Hall–Kier alpha value is -0.610. The van der Waals surface area contributed by atoms with Crippen LogP contribution in [0.25, 0.3) is 0 Å². The Labute approximate surface area is 72.2 Å². The van der Waals surface area contributed by atoms with Crippen molar-refractivity contribution in [2.24, 2.45) is 0 Å². The maximum Gasteiger partial charge on any atom is 0.272 e. The van der Waals surface area contributed by atoms with Crippen LogP contribution in [0.4, 0.5) is 0 Å². The Morgan fingerprint density at radius 2 is 2.33 bits per heavy atom. The molecular weight excluding hydrogens is 158 g/mol. The topological polar surface area (TPSA) is 47.6 Å². The van der Waals surface area contributed by atoms with Crippen LogP contribution in [0.5, 0.6) is 0 Å². The Bertz CT molecular complexity index is 179. The first-order valence-electron chi connectivity index (χ1n) is 4.06. The van der Waals surface area contributed by atoms with Crippen molar-refractivity contribution in [2.45, 2.75) is 38.4 Å². The fraction of sp³-hybridized carbons (Fsp3) is 0.875. The molecule has 1 aliphatic heterocycles. The third-order valence-corrected chi connectivity index (χ3v) is 1.96. The minimum atomic E-state index is -0.347. The fourth-order valence-corrected chi connectivity index (χ4v) is 1.33. The number of hydrogen-bond donors (Lipinski definition) is 1.